The molecule has 13 nitrogen and oxygen atoms in total. The lowest BCUT2D eigenvalue weighted by molar-refractivity contribution is -0.162. The van der Waals surface area contributed by atoms with Crippen molar-refractivity contribution >= 4 is 83.9 Å². The van der Waals surface area contributed by atoms with E-state index in [9.17, 15) is 23.4 Å². The van der Waals surface area contributed by atoms with Crippen molar-refractivity contribution in [2.45, 2.75) is 27.8 Å². The number of carbonyl (C=O) groups is 3. The van der Waals surface area contributed by atoms with Crippen LogP contribution in [0.5, 0.6) is 5.75 Å². The number of amides is 2. The summed E-state index contributed by atoms with van der Waals surface area (Å²) in [5.74, 6) is -1.34. The van der Waals surface area contributed by atoms with E-state index < -0.39 is 51.0 Å². The maximum atomic E-state index is 14.4. The summed E-state index contributed by atoms with van der Waals surface area (Å²) in [7, 11) is 1.02. The Hall–Kier alpha value is -6.66. The Bertz CT molecular complexity index is 2950. The first-order valence-corrected chi connectivity index (χ1v) is 25.1. The summed E-state index contributed by atoms with van der Waals surface area (Å²) in [5, 5.41) is 12.3. The summed E-state index contributed by atoms with van der Waals surface area (Å²) in [5.41, 5.74) is 1.13. The maximum absolute atomic E-state index is 14.4. The molecule has 2 aromatic heterocycles. The molecule has 4 atom stereocenters. The molecule has 340 valence electrons. The molecule has 0 saturated carbocycles. The molecule has 2 amide bonds. The summed E-state index contributed by atoms with van der Waals surface area (Å²) < 4.78 is 27.0. The van der Waals surface area contributed by atoms with Gasteiger partial charge in [0.05, 0.1) is 11.3 Å². The van der Waals surface area contributed by atoms with Gasteiger partial charge in [-0.3, -0.25) is 23.4 Å². The Morgan fingerprint density at radius 2 is 1.51 bits per heavy atom. The average Bonchev–Trinajstić information content (AvgIpc) is 3.83. The summed E-state index contributed by atoms with van der Waals surface area (Å²) in [6.07, 6.45) is 0. The van der Waals surface area contributed by atoms with Crippen LogP contribution in [0.1, 0.15) is 27.9 Å². The van der Waals surface area contributed by atoms with Gasteiger partial charge in [-0.25, -0.2) is 4.98 Å². The molecule has 2 N–H and O–H groups in total. The van der Waals surface area contributed by atoms with E-state index in [0.717, 1.165) is 21.4 Å². The lowest BCUT2D eigenvalue weighted by atomic mass is 9.77. The molecule has 0 bridgehead atoms. The number of hydrogen-bond donors (Lipinski definition) is 2. The highest BCUT2D eigenvalue weighted by Crippen LogP contribution is 2.43. The second-order valence-electron chi connectivity index (χ2n) is 15.9. The second-order valence-corrected chi connectivity index (χ2v) is 20.6. The SMILES string of the molecule is CON=C(C(=O)NC1C(=O)N2CC(CSc3cc(=O)c4ccccc4s3)(C(=O)OCc3ccc(OC)cc3)CS(=O)[C@H]12)c1csc(NC(c2ccccc2)(c2ccccc2)c2ccccc2)n1. The Kier molecular flexibility index (Phi) is 13.4. The molecule has 3 unspecified atom stereocenters. The summed E-state index contributed by atoms with van der Waals surface area (Å²) in [6.45, 7) is -0.180. The van der Waals surface area contributed by atoms with Crippen LogP contribution >= 0.6 is 34.4 Å². The second kappa shape index (κ2) is 19.7. The van der Waals surface area contributed by atoms with Crippen LogP contribution in [-0.4, -0.2) is 81.3 Å². The molecule has 2 fully saturated rings. The van der Waals surface area contributed by atoms with Gasteiger partial charge in [-0.1, -0.05) is 120 Å². The molecule has 2 aliphatic heterocycles. The average molecular weight is 970 g/mol. The number of fused-ring (bicyclic) bond motifs is 2. The van der Waals surface area contributed by atoms with Crippen molar-refractivity contribution in [1.82, 2.24) is 15.2 Å². The molecule has 0 radical (unpaired) electrons. The highest BCUT2D eigenvalue weighted by atomic mass is 32.2. The van der Waals surface area contributed by atoms with E-state index in [1.54, 1.807) is 48.9 Å². The summed E-state index contributed by atoms with van der Waals surface area (Å²) >= 11 is 3.96. The molecule has 0 aliphatic carbocycles. The van der Waals surface area contributed by atoms with Crippen LogP contribution in [0.15, 0.2) is 165 Å². The lowest BCUT2D eigenvalue weighted by Crippen LogP contribution is -2.77. The van der Waals surface area contributed by atoms with Gasteiger partial charge >= 0.3 is 5.97 Å². The topological polar surface area (TPSA) is 166 Å². The number of ether oxygens (including phenoxy) is 2. The van der Waals surface area contributed by atoms with Gasteiger partial charge < -0.3 is 29.8 Å². The van der Waals surface area contributed by atoms with Crippen molar-refractivity contribution in [1.29, 1.82) is 0 Å². The number of methoxy groups -OCH3 is 1. The van der Waals surface area contributed by atoms with Gasteiger partial charge in [0.15, 0.2) is 16.3 Å². The summed E-state index contributed by atoms with van der Waals surface area (Å²) in [4.78, 5) is 66.8. The van der Waals surface area contributed by atoms with Crippen molar-refractivity contribution in [2.24, 2.45) is 10.6 Å². The highest BCUT2D eigenvalue weighted by molar-refractivity contribution is 8.01. The van der Waals surface area contributed by atoms with Gasteiger partial charge in [0.2, 0.25) is 5.91 Å². The number of thioether (sulfide) groups is 1. The van der Waals surface area contributed by atoms with Crippen LogP contribution in [0.3, 0.4) is 0 Å². The van der Waals surface area contributed by atoms with Gasteiger partial charge in [-0.05, 0) is 46.5 Å². The van der Waals surface area contributed by atoms with Crippen molar-refractivity contribution in [3.05, 3.63) is 189 Å². The van der Waals surface area contributed by atoms with E-state index in [4.69, 9.17) is 19.3 Å². The van der Waals surface area contributed by atoms with Crippen molar-refractivity contribution in [3.63, 3.8) is 0 Å². The number of thiazole rings is 1. The van der Waals surface area contributed by atoms with E-state index in [-0.39, 0.29) is 41.5 Å². The number of β-lactam (4-membered cyclic amide) rings is 1. The third kappa shape index (κ3) is 9.11. The molecule has 7 aromatic rings. The number of aromatic nitrogens is 1. The fraction of sp³-hybridized carbons (Fsp3) is 0.200. The number of oxime groups is 1. The van der Waals surface area contributed by atoms with Crippen molar-refractivity contribution in [2.75, 3.05) is 37.6 Å². The van der Waals surface area contributed by atoms with Gasteiger partial charge in [-0.2, -0.15) is 0 Å². The Morgan fingerprint density at radius 1 is 0.881 bits per heavy atom. The minimum atomic E-state index is -1.84. The first-order valence-electron chi connectivity index (χ1n) is 21.1. The van der Waals surface area contributed by atoms with Crippen LogP contribution < -0.4 is 20.8 Å². The molecule has 17 heteroatoms. The van der Waals surface area contributed by atoms with Crippen LogP contribution in [0.25, 0.3) is 10.1 Å². The molecular formula is C50H43N5O8S4. The number of esters is 1. The van der Waals surface area contributed by atoms with Gasteiger partial charge in [0.25, 0.3) is 5.91 Å². The predicted octanol–water partition coefficient (Wildman–Crippen LogP) is 7.42. The van der Waals surface area contributed by atoms with Crippen LogP contribution in [0.2, 0.25) is 0 Å². The third-order valence-corrected chi connectivity index (χ3v) is 17.0. The number of benzene rings is 5. The molecule has 0 spiro atoms. The van der Waals surface area contributed by atoms with Gasteiger partial charge in [0.1, 0.15) is 47.5 Å². The first kappa shape index (κ1) is 45.5. The highest BCUT2D eigenvalue weighted by Gasteiger charge is 2.61. The largest absolute Gasteiger partial charge is 0.497 e. The zero-order chi connectivity index (χ0) is 46.5. The molecular weight excluding hydrogens is 927 g/mol. The molecule has 2 saturated heterocycles. The quantitative estimate of drug-likeness (QED) is 0.0247. The van der Waals surface area contributed by atoms with Gasteiger partial charge in [0, 0.05) is 50.4 Å². The predicted molar refractivity (Wildman–Crippen MR) is 263 cm³/mol. The number of anilines is 1. The van der Waals surface area contributed by atoms with Crippen molar-refractivity contribution < 1.29 is 32.9 Å². The minimum Gasteiger partial charge on any atom is -0.497 e. The molecule has 4 heterocycles. The van der Waals surface area contributed by atoms with Crippen LogP contribution in [0.4, 0.5) is 5.13 Å². The van der Waals surface area contributed by atoms with E-state index in [1.165, 1.54) is 52.5 Å². The van der Waals surface area contributed by atoms with Crippen LogP contribution in [0, 0.1) is 5.41 Å². The van der Waals surface area contributed by atoms with E-state index in [1.807, 2.05) is 103 Å². The first-order chi connectivity index (χ1) is 32.6. The third-order valence-electron chi connectivity index (χ3n) is 11.7. The minimum absolute atomic E-state index is 0.0670. The zero-order valence-corrected chi connectivity index (χ0v) is 39.4. The van der Waals surface area contributed by atoms with E-state index in [0.29, 0.717) is 26.0 Å². The smallest absolute Gasteiger partial charge is 0.316 e. The number of nitrogens with zero attached hydrogens (tertiary/aromatic N) is 3. The normalized spacial score (nSPS) is 19.2. The maximum Gasteiger partial charge on any atom is 0.316 e. The summed E-state index contributed by atoms with van der Waals surface area (Å²) in [6, 6.07) is 44.7. The number of rotatable bonds is 16. The number of hydrogen-bond acceptors (Lipinski definition) is 14. The molecule has 9 rings (SSSR count). The Morgan fingerprint density at radius 3 is 2.13 bits per heavy atom. The van der Waals surface area contributed by atoms with Crippen molar-refractivity contribution in [3.8, 4) is 5.75 Å². The van der Waals surface area contributed by atoms with E-state index >= 15 is 0 Å². The lowest BCUT2D eigenvalue weighted by Gasteiger charge is -2.53. The fourth-order valence-electron chi connectivity index (χ4n) is 8.39. The molecule has 67 heavy (non-hydrogen) atoms. The fourth-order valence-corrected chi connectivity index (χ4v) is 13.7. The standard InChI is InChI=1S/C50H43N5O8S4/c1-61-36-24-22-32(23-25-36)27-63-47(59)49(30-65-41-26-39(56)37-20-12-13-21-40(37)66-41)29-55-45(58)43(46(55)67(60)31-49)52-44(57)42(54-62-2)38-28-64-48(51-38)53-50(33-14-6-3-7-15-33,34-16-8-4-9-17-34)35-18-10-5-11-19-35/h3-26,28,43,46H,27,29-31H2,1-2H3,(H,51,53)(H,52,57)/t43?,46-,49?,67?/m1/s1. The molecule has 2 aliphatic rings. The van der Waals surface area contributed by atoms with Gasteiger partial charge in [-0.15, -0.1) is 34.4 Å². The zero-order valence-electron chi connectivity index (χ0n) is 36.2. The molecule has 5 aromatic carbocycles. The van der Waals surface area contributed by atoms with Crippen LogP contribution in [-0.2, 0) is 46.9 Å². The Labute approximate surface area is 400 Å². The number of carbonyl (C=O) groups excluding carboxylic acids is 3. The Balaban J connectivity index is 0.948. The number of nitrogens with one attached hydrogen (secondary N) is 2. The van der Waals surface area contributed by atoms with E-state index in [2.05, 4.69) is 15.8 Å². The monoisotopic (exact) mass is 969 g/mol.